The SMILES string of the molecule is CC(C)[C@H](C(=O)NCc1ccccc1)N1CCc2ccccc2C1. The second-order valence-electron chi connectivity index (χ2n) is 6.88. The molecule has 0 saturated heterocycles. The lowest BCUT2D eigenvalue weighted by Crippen LogP contribution is -2.51. The third-order valence-corrected chi connectivity index (χ3v) is 4.76. The van der Waals surface area contributed by atoms with Gasteiger partial charge in [0.25, 0.3) is 0 Å². The first-order chi connectivity index (χ1) is 11.6. The van der Waals surface area contributed by atoms with Gasteiger partial charge in [0, 0.05) is 19.6 Å². The van der Waals surface area contributed by atoms with Gasteiger partial charge in [-0.05, 0) is 29.0 Å². The Bertz CT molecular complexity index is 681. The summed E-state index contributed by atoms with van der Waals surface area (Å²) >= 11 is 0. The normalized spacial score (nSPS) is 15.8. The maximum absolute atomic E-state index is 12.8. The van der Waals surface area contributed by atoms with Crippen LogP contribution in [0.25, 0.3) is 0 Å². The number of carbonyl (C=O) groups excluding carboxylic acids is 1. The first kappa shape index (κ1) is 16.7. The van der Waals surface area contributed by atoms with Gasteiger partial charge in [-0.2, -0.15) is 0 Å². The third-order valence-electron chi connectivity index (χ3n) is 4.76. The highest BCUT2D eigenvalue weighted by Gasteiger charge is 2.31. The second kappa shape index (κ2) is 7.63. The van der Waals surface area contributed by atoms with E-state index in [0.717, 1.165) is 25.1 Å². The summed E-state index contributed by atoms with van der Waals surface area (Å²) in [6.07, 6.45) is 1.02. The van der Waals surface area contributed by atoms with Crippen LogP contribution in [0.4, 0.5) is 0 Å². The quantitative estimate of drug-likeness (QED) is 0.915. The van der Waals surface area contributed by atoms with Gasteiger partial charge in [-0.15, -0.1) is 0 Å². The summed E-state index contributed by atoms with van der Waals surface area (Å²) in [6.45, 7) is 6.66. The number of fused-ring (bicyclic) bond motifs is 1. The van der Waals surface area contributed by atoms with Crippen molar-refractivity contribution in [2.75, 3.05) is 6.54 Å². The minimum atomic E-state index is -0.0814. The third kappa shape index (κ3) is 3.85. The molecular formula is C21H26N2O. The van der Waals surface area contributed by atoms with Gasteiger partial charge in [0.2, 0.25) is 5.91 Å². The summed E-state index contributed by atoms with van der Waals surface area (Å²) in [5, 5.41) is 3.12. The van der Waals surface area contributed by atoms with Gasteiger partial charge < -0.3 is 5.32 Å². The first-order valence-corrected chi connectivity index (χ1v) is 8.77. The highest BCUT2D eigenvalue weighted by atomic mass is 16.2. The van der Waals surface area contributed by atoms with Crippen LogP contribution >= 0.6 is 0 Å². The van der Waals surface area contributed by atoms with Crippen LogP contribution in [-0.4, -0.2) is 23.4 Å². The summed E-state index contributed by atoms with van der Waals surface area (Å²) in [4.78, 5) is 15.1. The zero-order valence-corrected chi connectivity index (χ0v) is 14.5. The van der Waals surface area contributed by atoms with Gasteiger partial charge in [-0.25, -0.2) is 0 Å². The monoisotopic (exact) mass is 322 g/mol. The summed E-state index contributed by atoms with van der Waals surface area (Å²) in [6, 6.07) is 18.6. The molecule has 0 spiro atoms. The average molecular weight is 322 g/mol. The van der Waals surface area contributed by atoms with Crippen molar-refractivity contribution in [1.82, 2.24) is 10.2 Å². The predicted molar refractivity (Wildman–Crippen MR) is 97.5 cm³/mol. The molecule has 1 amide bonds. The molecule has 3 nitrogen and oxygen atoms in total. The highest BCUT2D eigenvalue weighted by molar-refractivity contribution is 5.82. The second-order valence-corrected chi connectivity index (χ2v) is 6.88. The Morgan fingerprint density at radius 2 is 1.71 bits per heavy atom. The molecule has 126 valence electrons. The number of carbonyl (C=O) groups is 1. The van der Waals surface area contributed by atoms with Crippen molar-refractivity contribution in [2.24, 2.45) is 5.92 Å². The lowest BCUT2D eigenvalue weighted by atomic mass is 9.94. The van der Waals surface area contributed by atoms with Gasteiger partial charge >= 0.3 is 0 Å². The molecule has 0 aromatic heterocycles. The molecule has 1 aliphatic rings. The fraction of sp³-hybridized carbons (Fsp3) is 0.381. The van der Waals surface area contributed by atoms with Crippen LogP contribution in [-0.2, 0) is 24.3 Å². The van der Waals surface area contributed by atoms with Crippen molar-refractivity contribution in [3.63, 3.8) is 0 Å². The molecule has 24 heavy (non-hydrogen) atoms. The van der Waals surface area contributed by atoms with Gasteiger partial charge in [-0.3, -0.25) is 9.69 Å². The topological polar surface area (TPSA) is 32.3 Å². The summed E-state index contributed by atoms with van der Waals surface area (Å²) < 4.78 is 0. The van der Waals surface area contributed by atoms with Crippen molar-refractivity contribution < 1.29 is 4.79 Å². The molecule has 0 fully saturated rings. The molecule has 3 heteroatoms. The lowest BCUT2D eigenvalue weighted by Gasteiger charge is -2.36. The summed E-state index contributed by atoms with van der Waals surface area (Å²) in [5.74, 6) is 0.416. The van der Waals surface area contributed by atoms with Crippen molar-refractivity contribution in [3.05, 3.63) is 71.3 Å². The maximum atomic E-state index is 12.8. The Labute approximate surface area is 144 Å². The van der Waals surface area contributed by atoms with Crippen LogP contribution in [0.1, 0.15) is 30.5 Å². The Hall–Kier alpha value is -2.13. The molecule has 0 bridgehead atoms. The lowest BCUT2D eigenvalue weighted by molar-refractivity contribution is -0.128. The minimum absolute atomic E-state index is 0.0814. The summed E-state index contributed by atoms with van der Waals surface area (Å²) in [5.41, 5.74) is 3.91. The van der Waals surface area contributed by atoms with E-state index in [0.29, 0.717) is 6.54 Å². The zero-order valence-electron chi connectivity index (χ0n) is 14.5. The van der Waals surface area contributed by atoms with E-state index in [1.165, 1.54) is 11.1 Å². The Morgan fingerprint density at radius 1 is 1.04 bits per heavy atom. The van der Waals surface area contributed by atoms with Crippen molar-refractivity contribution in [2.45, 2.75) is 39.4 Å². The maximum Gasteiger partial charge on any atom is 0.237 e. The Morgan fingerprint density at radius 3 is 2.42 bits per heavy atom. The zero-order chi connectivity index (χ0) is 16.9. The number of rotatable bonds is 5. The Kier molecular flexibility index (Phi) is 5.31. The molecule has 1 N–H and O–H groups in total. The standard InChI is InChI=1S/C21H26N2O/c1-16(2)20(21(24)22-14-17-8-4-3-5-9-17)23-13-12-18-10-6-7-11-19(18)15-23/h3-11,16,20H,12-15H2,1-2H3,(H,22,24)/t20-/m1/s1. The Balaban J connectivity index is 1.67. The van der Waals surface area contributed by atoms with Crippen LogP contribution in [0.15, 0.2) is 54.6 Å². The van der Waals surface area contributed by atoms with Crippen LogP contribution in [0.5, 0.6) is 0 Å². The van der Waals surface area contributed by atoms with Crippen LogP contribution < -0.4 is 5.32 Å². The smallest absolute Gasteiger partial charge is 0.237 e. The van der Waals surface area contributed by atoms with E-state index < -0.39 is 0 Å². The molecule has 1 aliphatic heterocycles. The predicted octanol–water partition coefficient (Wildman–Crippen LogP) is 3.39. The molecule has 0 saturated carbocycles. The molecule has 2 aromatic carbocycles. The molecule has 2 aromatic rings. The number of nitrogens with zero attached hydrogens (tertiary/aromatic N) is 1. The van der Waals surface area contributed by atoms with Gasteiger partial charge in [0.1, 0.15) is 0 Å². The number of hydrogen-bond donors (Lipinski definition) is 1. The van der Waals surface area contributed by atoms with Gasteiger partial charge in [-0.1, -0.05) is 68.4 Å². The van der Waals surface area contributed by atoms with Crippen LogP contribution in [0.2, 0.25) is 0 Å². The largest absolute Gasteiger partial charge is 0.351 e. The van der Waals surface area contributed by atoms with E-state index in [2.05, 4.69) is 48.3 Å². The number of benzene rings is 2. The first-order valence-electron chi connectivity index (χ1n) is 8.77. The van der Waals surface area contributed by atoms with Crippen molar-refractivity contribution in [1.29, 1.82) is 0 Å². The van der Waals surface area contributed by atoms with Crippen LogP contribution in [0, 0.1) is 5.92 Å². The molecular weight excluding hydrogens is 296 g/mol. The molecule has 0 unspecified atom stereocenters. The summed E-state index contributed by atoms with van der Waals surface area (Å²) in [7, 11) is 0. The molecule has 0 aliphatic carbocycles. The molecule has 3 rings (SSSR count). The number of hydrogen-bond acceptors (Lipinski definition) is 2. The van der Waals surface area contributed by atoms with E-state index in [-0.39, 0.29) is 17.9 Å². The van der Waals surface area contributed by atoms with Crippen LogP contribution in [0.3, 0.4) is 0 Å². The fourth-order valence-electron chi connectivity index (χ4n) is 3.53. The number of nitrogens with one attached hydrogen (secondary N) is 1. The highest BCUT2D eigenvalue weighted by Crippen LogP contribution is 2.23. The van der Waals surface area contributed by atoms with E-state index >= 15 is 0 Å². The van der Waals surface area contributed by atoms with E-state index in [1.807, 2.05) is 30.3 Å². The molecule has 1 atom stereocenters. The molecule has 1 heterocycles. The van der Waals surface area contributed by atoms with E-state index in [4.69, 9.17) is 0 Å². The van der Waals surface area contributed by atoms with Gasteiger partial charge in [0.15, 0.2) is 0 Å². The minimum Gasteiger partial charge on any atom is -0.351 e. The van der Waals surface area contributed by atoms with E-state index in [1.54, 1.807) is 0 Å². The average Bonchev–Trinajstić information content (AvgIpc) is 2.60. The number of amides is 1. The fourth-order valence-corrected chi connectivity index (χ4v) is 3.53. The van der Waals surface area contributed by atoms with Gasteiger partial charge in [0.05, 0.1) is 6.04 Å². The van der Waals surface area contributed by atoms with Crippen molar-refractivity contribution >= 4 is 5.91 Å². The van der Waals surface area contributed by atoms with E-state index in [9.17, 15) is 4.79 Å². The van der Waals surface area contributed by atoms with Crippen molar-refractivity contribution in [3.8, 4) is 0 Å². The molecule has 0 radical (unpaired) electrons.